The molecule has 0 spiro atoms. The fourth-order valence-electron chi connectivity index (χ4n) is 11.5. The molecule has 0 aromatic heterocycles. The van der Waals surface area contributed by atoms with Crippen molar-refractivity contribution in [1.29, 1.82) is 0 Å². The summed E-state index contributed by atoms with van der Waals surface area (Å²) in [6.45, 7) is 12.0. The molecule has 3 aliphatic carbocycles. The number of rotatable bonds is 26. The minimum Gasteiger partial charge on any atom is -0.382 e. The molecule has 0 saturated carbocycles. The number of halogens is 2. The van der Waals surface area contributed by atoms with Crippen LogP contribution in [0.15, 0.2) is 106 Å². The predicted molar refractivity (Wildman–Crippen MR) is 271 cm³/mol. The van der Waals surface area contributed by atoms with Crippen molar-refractivity contribution < 1.29 is 9.47 Å². The third-order valence-corrected chi connectivity index (χ3v) is 15.6. The van der Waals surface area contributed by atoms with E-state index in [1.807, 2.05) is 0 Å². The van der Waals surface area contributed by atoms with Gasteiger partial charge in [0.05, 0.1) is 5.41 Å². The van der Waals surface area contributed by atoms with Gasteiger partial charge in [0.1, 0.15) is 0 Å². The molecule has 4 heteroatoms. The van der Waals surface area contributed by atoms with Crippen LogP contribution in [-0.4, -0.2) is 26.4 Å². The molecule has 2 nitrogen and oxygen atoms in total. The largest absolute Gasteiger partial charge is 0.382 e. The van der Waals surface area contributed by atoms with Crippen LogP contribution < -0.4 is 0 Å². The van der Waals surface area contributed by atoms with E-state index in [0.717, 1.165) is 52.1 Å². The summed E-state index contributed by atoms with van der Waals surface area (Å²) < 4.78 is 13.8. The summed E-state index contributed by atoms with van der Waals surface area (Å²) >= 11 is 8.01. The van der Waals surface area contributed by atoms with E-state index >= 15 is 0 Å². The molecule has 2 unspecified atom stereocenters. The monoisotopic (exact) mass is 960 g/mol. The number of allylic oxidation sites excluding steroid dienone is 4. The van der Waals surface area contributed by atoms with Crippen molar-refractivity contribution in [1.82, 2.24) is 0 Å². The van der Waals surface area contributed by atoms with Crippen LogP contribution in [0, 0.1) is 5.92 Å². The van der Waals surface area contributed by atoms with Crippen LogP contribution in [0.2, 0.25) is 0 Å². The van der Waals surface area contributed by atoms with Gasteiger partial charge in [0.15, 0.2) is 0 Å². The van der Waals surface area contributed by atoms with E-state index in [-0.39, 0.29) is 22.7 Å². The van der Waals surface area contributed by atoms with E-state index < -0.39 is 0 Å². The van der Waals surface area contributed by atoms with E-state index in [1.54, 1.807) is 11.1 Å². The van der Waals surface area contributed by atoms with Crippen LogP contribution >= 0.6 is 31.9 Å². The fraction of sp³-hybridized carbons (Fsp3) is 0.517. The Morgan fingerprint density at radius 2 is 1.06 bits per heavy atom. The molecule has 0 fully saturated rings. The molecule has 0 heterocycles. The highest BCUT2D eigenvalue weighted by Crippen LogP contribution is 2.64. The van der Waals surface area contributed by atoms with E-state index in [4.69, 9.17) is 9.47 Å². The average molecular weight is 963 g/mol. The lowest BCUT2D eigenvalue weighted by molar-refractivity contribution is 0.145. The van der Waals surface area contributed by atoms with E-state index in [2.05, 4.69) is 157 Å². The molecule has 2 atom stereocenters. The molecule has 0 N–H and O–H groups in total. The van der Waals surface area contributed by atoms with Crippen LogP contribution in [0.25, 0.3) is 11.1 Å². The van der Waals surface area contributed by atoms with Gasteiger partial charge in [0.2, 0.25) is 0 Å². The van der Waals surface area contributed by atoms with Gasteiger partial charge in [-0.1, -0.05) is 202 Å². The Kier molecular flexibility index (Phi) is 17.5. The van der Waals surface area contributed by atoms with Crippen LogP contribution in [0.1, 0.15) is 181 Å². The number of ether oxygens (including phenoxy) is 2. The number of hydrogen-bond acceptors (Lipinski definition) is 2. The first-order chi connectivity index (χ1) is 30.4. The molecule has 0 amide bonds. The summed E-state index contributed by atoms with van der Waals surface area (Å²) in [6.07, 6.45) is 29.9. The maximum Gasteiger partial charge on any atom is 0.0526 e. The third kappa shape index (κ3) is 10.2. The number of aryl methyl sites for hydroxylation is 2. The minimum absolute atomic E-state index is 0.0147. The summed E-state index contributed by atoms with van der Waals surface area (Å²) in [5.41, 5.74) is 14.2. The van der Waals surface area contributed by atoms with E-state index in [9.17, 15) is 0 Å². The zero-order chi connectivity index (χ0) is 43.4. The standard InChI is InChI=1S/C58H74Br2O2/c1-5-9-11-13-15-17-35-57(36-18-16-14-12-10-6-2)53-39-47(59)31-33-49(53)51-42-56-52(41-54(51)57)50-34-32-48(60)40-55(50)58(56,45-27-23-43(24-28-45)21-19-37-61-7-3)46-29-25-44(26-30-46)22-20-38-62-8-4/h23-34,39-42,50,55H,5-22,35-38H2,1-4H3. The molecule has 0 aliphatic heterocycles. The van der Waals surface area contributed by atoms with E-state index in [1.165, 1.54) is 143 Å². The van der Waals surface area contributed by atoms with Gasteiger partial charge in [0, 0.05) is 52.6 Å². The molecule has 0 radical (unpaired) electrons. The van der Waals surface area contributed by atoms with Gasteiger partial charge >= 0.3 is 0 Å². The lowest BCUT2D eigenvalue weighted by atomic mass is 9.63. The summed E-state index contributed by atoms with van der Waals surface area (Å²) in [5.74, 6) is 0.493. The van der Waals surface area contributed by atoms with Crippen molar-refractivity contribution >= 4 is 31.9 Å². The molecular weight excluding hydrogens is 888 g/mol. The molecule has 3 aliphatic rings. The minimum atomic E-state index is -0.369. The summed E-state index contributed by atoms with van der Waals surface area (Å²) in [5, 5.41) is 0. The molecule has 4 aromatic rings. The Balaban J connectivity index is 1.39. The van der Waals surface area contributed by atoms with Crippen molar-refractivity contribution in [3.8, 4) is 11.1 Å². The molecule has 0 bridgehead atoms. The van der Waals surface area contributed by atoms with Crippen molar-refractivity contribution in [2.75, 3.05) is 26.4 Å². The maximum absolute atomic E-state index is 5.73. The maximum atomic E-state index is 5.73. The smallest absolute Gasteiger partial charge is 0.0526 e. The first-order valence-corrected chi connectivity index (χ1v) is 26.4. The first-order valence-electron chi connectivity index (χ1n) is 24.8. The summed E-state index contributed by atoms with van der Waals surface area (Å²) in [6, 6.07) is 32.2. The van der Waals surface area contributed by atoms with Crippen LogP contribution in [0.3, 0.4) is 0 Å². The van der Waals surface area contributed by atoms with Gasteiger partial charge in [-0.25, -0.2) is 0 Å². The van der Waals surface area contributed by atoms with Gasteiger partial charge in [-0.3, -0.25) is 0 Å². The average Bonchev–Trinajstić information content (AvgIpc) is 3.71. The third-order valence-electron chi connectivity index (χ3n) is 14.6. The van der Waals surface area contributed by atoms with Gasteiger partial charge in [-0.05, 0) is 126 Å². The van der Waals surface area contributed by atoms with Crippen molar-refractivity contribution in [3.63, 3.8) is 0 Å². The van der Waals surface area contributed by atoms with Crippen molar-refractivity contribution in [2.24, 2.45) is 5.92 Å². The van der Waals surface area contributed by atoms with Gasteiger partial charge in [-0.15, -0.1) is 0 Å². The van der Waals surface area contributed by atoms with Crippen LogP contribution in [0.5, 0.6) is 0 Å². The second-order valence-electron chi connectivity index (χ2n) is 18.6. The van der Waals surface area contributed by atoms with Crippen molar-refractivity contribution in [3.05, 3.63) is 151 Å². The normalized spacial score (nSPS) is 17.7. The number of hydrogen-bond donors (Lipinski definition) is 0. The summed E-state index contributed by atoms with van der Waals surface area (Å²) in [7, 11) is 0. The highest BCUT2D eigenvalue weighted by molar-refractivity contribution is 9.12. The van der Waals surface area contributed by atoms with Gasteiger partial charge in [-0.2, -0.15) is 0 Å². The quantitative estimate of drug-likeness (QED) is 0.0584. The fourth-order valence-corrected chi connectivity index (χ4v) is 12.3. The molecule has 332 valence electrons. The first kappa shape index (κ1) is 47.2. The molecule has 7 rings (SSSR count). The lowest BCUT2D eigenvalue weighted by Gasteiger charge is -2.39. The Hall–Kier alpha value is -2.76. The Labute approximate surface area is 393 Å². The van der Waals surface area contributed by atoms with Crippen LogP contribution in [-0.2, 0) is 33.1 Å². The molecule has 62 heavy (non-hydrogen) atoms. The zero-order valence-electron chi connectivity index (χ0n) is 38.5. The van der Waals surface area contributed by atoms with Crippen LogP contribution in [0.4, 0.5) is 0 Å². The molecular formula is C58H74Br2O2. The highest BCUT2D eigenvalue weighted by atomic mass is 79.9. The predicted octanol–water partition coefficient (Wildman–Crippen LogP) is 17.1. The Bertz CT molecular complexity index is 2020. The Morgan fingerprint density at radius 3 is 1.61 bits per heavy atom. The summed E-state index contributed by atoms with van der Waals surface area (Å²) in [4.78, 5) is 0. The lowest BCUT2D eigenvalue weighted by Crippen LogP contribution is -2.35. The highest BCUT2D eigenvalue weighted by Gasteiger charge is 2.55. The second kappa shape index (κ2) is 22.9. The van der Waals surface area contributed by atoms with E-state index in [0.29, 0.717) is 0 Å². The topological polar surface area (TPSA) is 18.5 Å². The second-order valence-corrected chi connectivity index (χ2v) is 20.4. The SMILES string of the molecule is CCCCCCCCC1(CCCCCCCC)c2cc(Br)ccc2-c2cc3c(cc21)C1C=CC(Br)=CC1C3(c1ccc(CCCOCC)cc1)c1ccc(CCCOCC)cc1. The zero-order valence-corrected chi connectivity index (χ0v) is 41.7. The van der Waals surface area contributed by atoms with Crippen molar-refractivity contribution in [2.45, 2.75) is 160 Å². The number of unbranched alkanes of at least 4 members (excludes halogenated alkanes) is 10. The Morgan fingerprint density at radius 1 is 0.532 bits per heavy atom. The van der Waals surface area contributed by atoms with Gasteiger partial charge in [0.25, 0.3) is 0 Å². The molecule has 4 aromatic carbocycles. The van der Waals surface area contributed by atoms with Gasteiger partial charge < -0.3 is 9.47 Å². The number of benzene rings is 4. The number of fused-ring (bicyclic) bond motifs is 6. The molecule has 0 saturated heterocycles.